The fourth-order valence-electron chi connectivity index (χ4n) is 3.48. The second-order valence-electron chi connectivity index (χ2n) is 7.21. The molecule has 0 fully saturated rings. The normalized spacial score (nSPS) is 11.2. The molecule has 8 heteroatoms. The van der Waals surface area contributed by atoms with E-state index in [1.165, 1.54) is 6.21 Å². The molecule has 2 heterocycles. The van der Waals surface area contributed by atoms with Crippen LogP contribution in [0.4, 0.5) is 0 Å². The number of para-hydroxylation sites is 2. The number of carbonyl (C=O) groups excluding carboxylic acids is 1. The Hall–Kier alpha value is -4.07. The molecule has 0 aliphatic rings. The van der Waals surface area contributed by atoms with Crippen LogP contribution in [0, 0.1) is 6.92 Å². The minimum Gasteiger partial charge on any atom is -0.493 e. The zero-order chi connectivity index (χ0) is 22.5. The van der Waals surface area contributed by atoms with Crippen LogP contribution in [0.5, 0.6) is 11.5 Å². The zero-order valence-corrected chi connectivity index (χ0v) is 18.2. The highest BCUT2D eigenvalue weighted by molar-refractivity contribution is 5.82. The lowest BCUT2D eigenvalue weighted by Crippen LogP contribution is -2.24. The van der Waals surface area contributed by atoms with Gasteiger partial charge in [-0.3, -0.25) is 4.79 Å². The van der Waals surface area contributed by atoms with Crippen molar-refractivity contribution in [2.75, 3.05) is 14.2 Å². The minimum atomic E-state index is -0.263. The van der Waals surface area contributed by atoms with Crippen molar-refractivity contribution in [2.45, 2.75) is 19.9 Å². The van der Waals surface area contributed by atoms with Crippen LogP contribution < -0.4 is 14.9 Å². The summed E-state index contributed by atoms with van der Waals surface area (Å²) in [4.78, 5) is 17.3. The van der Waals surface area contributed by atoms with Crippen molar-refractivity contribution in [3.63, 3.8) is 0 Å². The summed E-state index contributed by atoms with van der Waals surface area (Å²) < 4.78 is 18.0. The Morgan fingerprint density at radius 1 is 1.12 bits per heavy atom. The lowest BCUT2D eigenvalue weighted by atomic mass is 10.1. The molecule has 2 aromatic heterocycles. The summed E-state index contributed by atoms with van der Waals surface area (Å²) in [5, 5.41) is 3.99. The van der Waals surface area contributed by atoms with Gasteiger partial charge in [0.05, 0.1) is 31.5 Å². The van der Waals surface area contributed by atoms with Gasteiger partial charge in [0, 0.05) is 6.42 Å². The zero-order valence-electron chi connectivity index (χ0n) is 18.2. The van der Waals surface area contributed by atoms with E-state index in [2.05, 4.69) is 10.5 Å². The Labute approximate surface area is 185 Å². The number of nitrogens with zero attached hydrogens (tertiary/aromatic N) is 3. The molecule has 1 N–H and O–H groups in total. The molecule has 1 amide bonds. The smallest absolute Gasteiger partial charge is 0.260 e. The number of amides is 1. The molecule has 0 bridgehead atoms. The van der Waals surface area contributed by atoms with Gasteiger partial charge in [0.1, 0.15) is 23.9 Å². The second-order valence-corrected chi connectivity index (χ2v) is 7.21. The van der Waals surface area contributed by atoms with E-state index >= 15 is 0 Å². The van der Waals surface area contributed by atoms with E-state index in [9.17, 15) is 4.79 Å². The van der Waals surface area contributed by atoms with Crippen LogP contribution in [-0.4, -0.2) is 35.9 Å². The van der Waals surface area contributed by atoms with Crippen LogP contribution in [0.1, 0.15) is 22.9 Å². The molecule has 0 unspecified atom stereocenters. The van der Waals surface area contributed by atoms with Gasteiger partial charge in [-0.05, 0) is 48.9 Å². The standard InChI is InChI=1S/C24H24N4O4/c1-16-8-10-18(32-16)14-25-27-24(29)15-28-20-7-5-4-6-19(20)26-23(28)13-17-9-11-21(30-2)22(12-17)31-3/h4-12,14H,13,15H2,1-3H3,(H,27,29)/b25-14+. The molecule has 4 rings (SSSR count). The molecule has 0 saturated heterocycles. The van der Waals surface area contributed by atoms with E-state index in [0.29, 0.717) is 23.7 Å². The van der Waals surface area contributed by atoms with Gasteiger partial charge in [-0.25, -0.2) is 10.4 Å². The number of hydrogen-bond acceptors (Lipinski definition) is 6. The number of hydrogen-bond donors (Lipinski definition) is 1. The predicted molar refractivity (Wildman–Crippen MR) is 121 cm³/mol. The average Bonchev–Trinajstić information content (AvgIpc) is 3.36. The van der Waals surface area contributed by atoms with E-state index < -0.39 is 0 Å². The van der Waals surface area contributed by atoms with Crippen LogP contribution in [0.2, 0.25) is 0 Å². The fraction of sp³-hybridized carbons (Fsp3) is 0.208. The average molecular weight is 432 g/mol. The molecule has 164 valence electrons. The number of carbonyl (C=O) groups is 1. The quantitative estimate of drug-likeness (QED) is 0.339. The van der Waals surface area contributed by atoms with Gasteiger partial charge in [-0.1, -0.05) is 18.2 Å². The molecule has 4 aromatic rings. The monoisotopic (exact) mass is 432 g/mol. The third-order valence-corrected chi connectivity index (χ3v) is 4.99. The maximum Gasteiger partial charge on any atom is 0.260 e. The van der Waals surface area contributed by atoms with Crippen LogP contribution in [-0.2, 0) is 17.8 Å². The van der Waals surface area contributed by atoms with Crippen molar-refractivity contribution in [2.24, 2.45) is 5.10 Å². The molecule has 0 saturated carbocycles. The highest BCUT2D eigenvalue weighted by atomic mass is 16.5. The van der Waals surface area contributed by atoms with Crippen molar-refractivity contribution in [1.82, 2.24) is 15.0 Å². The van der Waals surface area contributed by atoms with Gasteiger partial charge in [0.15, 0.2) is 11.5 Å². The molecule has 0 aliphatic heterocycles. The fourth-order valence-corrected chi connectivity index (χ4v) is 3.48. The number of rotatable bonds is 8. The Kier molecular flexibility index (Phi) is 6.21. The van der Waals surface area contributed by atoms with E-state index in [1.54, 1.807) is 20.3 Å². The number of hydrazone groups is 1. The van der Waals surface area contributed by atoms with Crippen molar-refractivity contribution in [1.29, 1.82) is 0 Å². The van der Waals surface area contributed by atoms with Crippen LogP contribution in [0.25, 0.3) is 11.0 Å². The van der Waals surface area contributed by atoms with Gasteiger partial charge in [0.25, 0.3) is 5.91 Å². The Bertz CT molecular complexity index is 1270. The topological polar surface area (TPSA) is 90.9 Å². The summed E-state index contributed by atoms with van der Waals surface area (Å²) in [7, 11) is 3.21. The van der Waals surface area contributed by atoms with Crippen LogP contribution in [0.15, 0.2) is 64.1 Å². The van der Waals surface area contributed by atoms with Crippen molar-refractivity contribution >= 4 is 23.2 Å². The van der Waals surface area contributed by atoms with Crippen LogP contribution in [0.3, 0.4) is 0 Å². The number of benzene rings is 2. The largest absolute Gasteiger partial charge is 0.493 e. The molecule has 0 aliphatic carbocycles. The molecule has 0 atom stereocenters. The van der Waals surface area contributed by atoms with Crippen LogP contribution >= 0.6 is 0 Å². The number of aromatic nitrogens is 2. The van der Waals surface area contributed by atoms with Crippen molar-refractivity contribution in [3.05, 3.63) is 77.5 Å². The lowest BCUT2D eigenvalue weighted by molar-refractivity contribution is -0.121. The number of furan rings is 1. The van der Waals surface area contributed by atoms with Gasteiger partial charge >= 0.3 is 0 Å². The summed E-state index contributed by atoms with van der Waals surface area (Å²) in [6.45, 7) is 1.93. The van der Waals surface area contributed by atoms with Gasteiger partial charge < -0.3 is 18.5 Å². The number of imidazole rings is 1. The summed E-state index contributed by atoms with van der Waals surface area (Å²) in [5.74, 6) is 3.16. The van der Waals surface area contributed by atoms with E-state index in [4.69, 9.17) is 18.9 Å². The first-order valence-electron chi connectivity index (χ1n) is 10.1. The second kappa shape index (κ2) is 9.38. The van der Waals surface area contributed by atoms with Gasteiger partial charge in [0.2, 0.25) is 0 Å². The molecular formula is C24H24N4O4. The Morgan fingerprint density at radius 3 is 2.69 bits per heavy atom. The highest BCUT2D eigenvalue weighted by Crippen LogP contribution is 2.29. The molecule has 0 radical (unpaired) electrons. The van der Waals surface area contributed by atoms with E-state index in [0.717, 1.165) is 28.2 Å². The maximum absolute atomic E-state index is 12.6. The number of aryl methyl sites for hydroxylation is 1. The summed E-state index contributed by atoms with van der Waals surface area (Å²) in [5.41, 5.74) is 5.25. The first kappa shape index (κ1) is 21.2. The SMILES string of the molecule is COc1ccc(Cc2nc3ccccc3n2CC(=O)N/N=C/c2ccc(C)o2)cc1OC. The number of ether oxygens (including phenoxy) is 2. The number of fused-ring (bicyclic) bond motifs is 1. The van der Waals surface area contributed by atoms with Gasteiger partial charge in [-0.15, -0.1) is 0 Å². The number of nitrogens with one attached hydrogen (secondary N) is 1. The third kappa shape index (κ3) is 4.64. The minimum absolute atomic E-state index is 0.0810. The summed E-state index contributed by atoms with van der Waals surface area (Å²) in [6, 6.07) is 17.1. The maximum atomic E-state index is 12.6. The first-order valence-corrected chi connectivity index (χ1v) is 10.1. The summed E-state index contributed by atoms with van der Waals surface area (Å²) in [6.07, 6.45) is 2.00. The summed E-state index contributed by atoms with van der Waals surface area (Å²) >= 11 is 0. The van der Waals surface area contributed by atoms with Crippen molar-refractivity contribution < 1.29 is 18.7 Å². The van der Waals surface area contributed by atoms with Gasteiger partial charge in [-0.2, -0.15) is 5.10 Å². The third-order valence-electron chi connectivity index (χ3n) is 4.99. The first-order chi connectivity index (χ1) is 15.6. The predicted octanol–water partition coefficient (Wildman–Crippen LogP) is 3.70. The molecular weight excluding hydrogens is 408 g/mol. The molecule has 0 spiro atoms. The van der Waals surface area contributed by atoms with Crippen molar-refractivity contribution in [3.8, 4) is 11.5 Å². The molecule has 2 aromatic carbocycles. The molecule has 8 nitrogen and oxygen atoms in total. The Balaban J connectivity index is 1.56. The Morgan fingerprint density at radius 2 is 1.94 bits per heavy atom. The number of methoxy groups -OCH3 is 2. The van der Waals surface area contributed by atoms with E-state index in [-0.39, 0.29) is 12.5 Å². The molecule has 32 heavy (non-hydrogen) atoms. The van der Waals surface area contributed by atoms with E-state index in [1.807, 2.05) is 60.0 Å². The lowest BCUT2D eigenvalue weighted by Gasteiger charge is -2.11. The highest BCUT2D eigenvalue weighted by Gasteiger charge is 2.15.